The zero-order valence-corrected chi connectivity index (χ0v) is 23.6. The van der Waals surface area contributed by atoms with Gasteiger partial charge >= 0.3 is 0 Å². The summed E-state index contributed by atoms with van der Waals surface area (Å²) in [5.41, 5.74) is 2.90. The minimum atomic E-state index is -0.782. The zero-order valence-electron chi connectivity index (χ0n) is 23.6. The number of carbonyl (C=O) groups is 2. The van der Waals surface area contributed by atoms with Crippen LogP contribution in [0.25, 0.3) is 5.76 Å². The number of likely N-dealkylation sites (tertiary alicyclic amines) is 1. The van der Waals surface area contributed by atoms with Gasteiger partial charge in [0.05, 0.1) is 25.8 Å². The lowest BCUT2D eigenvalue weighted by Gasteiger charge is -2.26. The van der Waals surface area contributed by atoms with Crippen LogP contribution in [-0.4, -0.2) is 68.0 Å². The van der Waals surface area contributed by atoms with Crippen molar-refractivity contribution >= 4 is 17.4 Å². The molecule has 8 heteroatoms. The Labute approximate surface area is 235 Å². The Morgan fingerprint density at radius 2 is 1.68 bits per heavy atom. The Kier molecular flexibility index (Phi) is 9.11. The highest BCUT2D eigenvalue weighted by Gasteiger charge is 2.46. The molecule has 1 amide bonds. The number of rotatable bonds is 11. The third kappa shape index (κ3) is 6.13. The molecule has 4 rings (SSSR count). The lowest BCUT2D eigenvalue weighted by Crippen LogP contribution is -2.32. The summed E-state index contributed by atoms with van der Waals surface area (Å²) in [6.45, 7) is 3.33. The van der Waals surface area contributed by atoms with Gasteiger partial charge in [0, 0.05) is 12.1 Å². The van der Waals surface area contributed by atoms with Crippen LogP contribution in [0.5, 0.6) is 17.2 Å². The monoisotopic (exact) mass is 544 g/mol. The molecule has 1 saturated heterocycles. The maximum atomic E-state index is 13.4. The summed E-state index contributed by atoms with van der Waals surface area (Å²) < 4.78 is 16.8. The Morgan fingerprint density at radius 1 is 0.950 bits per heavy atom. The Morgan fingerprint density at radius 3 is 2.33 bits per heavy atom. The lowest BCUT2D eigenvalue weighted by molar-refractivity contribution is -0.139. The van der Waals surface area contributed by atoms with Crippen molar-refractivity contribution in [1.82, 2.24) is 9.80 Å². The first-order chi connectivity index (χ1) is 19.2. The average Bonchev–Trinajstić information content (AvgIpc) is 3.21. The molecule has 1 aliphatic heterocycles. The molecule has 0 bridgehead atoms. The molecule has 0 aromatic heterocycles. The number of ketones is 1. The van der Waals surface area contributed by atoms with E-state index in [1.165, 1.54) is 12.0 Å². The molecule has 210 valence electrons. The summed E-state index contributed by atoms with van der Waals surface area (Å²) in [6, 6.07) is 19.6. The van der Waals surface area contributed by atoms with E-state index < -0.39 is 17.7 Å². The van der Waals surface area contributed by atoms with E-state index in [2.05, 4.69) is 0 Å². The van der Waals surface area contributed by atoms with Gasteiger partial charge in [0.15, 0.2) is 11.5 Å². The van der Waals surface area contributed by atoms with Crippen molar-refractivity contribution in [2.24, 2.45) is 0 Å². The van der Waals surface area contributed by atoms with Crippen LogP contribution in [0.2, 0.25) is 0 Å². The van der Waals surface area contributed by atoms with Gasteiger partial charge in [-0.1, -0.05) is 36.4 Å². The van der Waals surface area contributed by atoms with Gasteiger partial charge in [-0.25, -0.2) is 0 Å². The summed E-state index contributed by atoms with van der Waals surface area (Å²) in [5, 5.41) is 11.6. The van der Waals surface area contributed by atoms with Crippen molar-refractivity contribution < 1.29 is 28.9 Å². The van der Waals surface area contributed by atoms with Crippen LogP contribution in [0.3, 0.4) is 0 Å². The van der Waals surface area contributed by atoms with Gasteiger partial charge in [-0.05, 0) is 81.0 Å². The third-order valence-corrected chi connectivity index (χ3v) is 6.97. The number of hydrogen-bond donors (Lipinski definition) is 1. The fourth-order valence-corrected chi connectivity index (χ4v) is 4.91. The average molecular weight is 545 g/mol. The highest BCUT2D eigenvalue weighted by molar-refractivity contribution is 6.46. The van der Waals surface area contributed by atoms with E-state index in [0.29, 0.717) is 53.5 Å². The highest BCUT2D eigenvalue weighted by atomic mass is 16.5. The zero-order chi connectivity index (χ0) is 28.8. The largest absolute Gasteiger partial charge is 0.507 e. The second-order valence-electron chi connectivity index (χ2n) is 10.0. The smallest absolute Gasteiger partial charge is 0.295 e. The summed E-state index contributed by atoms with van der Waals surface area (Å²) in [5.74, 6) is 0.0538. The van der Waals surface area contributed by atoms with E-state index in [1.54, 1.807) is 37.4 Å². The number of aliphatic hydroxyl groups excluding tert-OH is 1. The Hall–Kier alpha value is -4.30. The van der Waals surface area contributed by atoms with Crippen LogP contribution in [0.1, 0.15) is 34.7 Å². The molecular formula is C32H36N2O6. The SMILES string of the molecule is COc1ccc(C2/C(=C(\O)c3ccc(OCc4ccccc4)cc3C)C(=O)C(=O)N2CCCN(C)C)cc1OC. The lowest BCUT2D eigenvalue weighted by atomic mass is 9.93. The first-order valence-corrected chi connectivity index (χ1v) is 13.2. The van der Waals surface area contributed by atoms with E-state index >= 15 is 0 Å². The minimum absolute atomic E-state index is 0.0446. The second kappa shape index (κ2) is 12.7. The number of methoxy groups -OCH3 is 2. The maximum absolute atomic E-state index is 13.4. The Balaban J connectivity index is 1.73. The first-order valence-electron chi connectivity index (χ1n) is 13.2. The maximum Gasteiger partial charge on any atom is 0.295 e. The van der Waals surface area contributed by atoms with Crippen molar-refractivity contribution in [2.75, 3.05) is 41.4 Å². The number of carbonyl (C=O) groups excluding carboxylic acids is 2. The van der Waals surface area contributed by atoms with Gasteiger partial charge in [-0.2, -0.15) is 0 Å². The van der Waals surface area contributed by atoms with Crippen LogP contribution in [0.15, 0.2) is 72.3 Å². The standard InChI is InChI=1S/C32H36N2O6/c1-21-18-24(40-20-22-10-7-6-8-11-22)13-14-25(21)30(35)28-29(23-12-15-26(38-4)27(19-23)39-5)34(32(37)31(28)36)17-9-16-33(2)3/h6-8,10-15,18-19,29,35H,9,16-17,20H2,1-5H3/b30-28+. The quantitative estimate of drug-likeness (QED) is 0.207. The number of Topliss-reactive ketones (excluding diaryl/α,β-unsaturated/α-hetero) is 1. The number of aryl methyl sites for hydroxylation is 1. The van der Waals surface area contributed by atoms with Crippen LogP contribution in [-0.2, 0) is 16.2 Å². The van der Waals surface area contributed by atoms with Gasteiger partial charge in [0.25, 0.3) is 11.7 Å². The molecule has 1 atom stereocenters. The number of aliphatic hydroxyl groups is 1. The summed E-state index contributed by atoms with van der Waals surface area (Å²) in [6.07, 6.45) is 0.663. The van der Waals surface area contributed by atoms with Gasteiger partial charge < -0.3 is 29.1 Å². The Bertz CT molecular complexity index is 1400. The van der Waals surface area contributed by atoms with Crippen LogP contribution in [0, 0.1) is 6.92 Å². The highest BCUT2D eigenvalue weighted by Crippen LogP contribution is 2.42. The summed E-state index contributed by atoms with van der Waals surface area (Å²) in [4.78, 5) is 30.3. The summed E-state index contributed by atoms with van der Waals surface area (Å²) in [7, 11) is 6.98. The van der Waals surface area contributed by atoms with Gasteiger partial charge in [-0.3, -0.25) is 9.59 Å². The molecule has 8 nitrogen and oxygen atoms in total. The van der Waals surface area contributed by atoms with Crippen LogP contribution in [0.4, 0.5) is 0 Å². The van der Waals surface area contributed by atoms with Crippen molar-refractivity contribution in [3.05, 3.63) is 94.6 Å². The number of nitrogens with zero attached hydrogens (tertiary/aromatic N) is 2. The molecule has 1 unspecified atom stereocenters. The van der Waals surface area contributed by atoms with Crippen LogP contribution < -0.4 is 14.2 Å². The molecule has 0 saturated carbocycles. The normalized spacial score (nSPS) is 16.4. The van der Waals surface area contributed by atoms with E-state index in [-0.39, 0.29) is 11.3 Å². The molecule has 1 heterocycles. The molecule has 1 N–H and O–H groups in total. The van der Waals surface area contributed by atoms with Gasteiger partial charge in [0.2, 0.25) is 0 Å². The van der Waals surface area contributed by atoms with Crippen molar-refractivity contribution in [1.29, 1.82) is 0 Å². The van der Waals surface area contributed by atoms with Crippen molar-refractivity contribution in [2.45, 2.75) is 26.0 Å². The van der Waals surface area contributed by atoms with E-state index in [4.69, 9.17) is 14.2 Å². The van der Waals surface area contributed by atoms with Gasteiger partial charge in [0.1, 0.15) is 18.1 Å². The topological polar surface area (TPSA) is 88.5 Å². The van der Waals surface area contributed by atoms with E-state index in [9.17, 15) is 14.7 Å². The number of amides is 1. The van der Waals surface area contributed by atoms with Crippen molar-refractivity contribution in [3.8, 4) is 17.2 Å². The number of hydrogen-bond acceptors (Lipinski definition) is 7. The molecule has 0 spiro atoms. The molecule has 3 aromatic rings. The minimum Gasteiger partial charge on any atom is -0.507 e. The first kappa shape index (κ1) is 28.7. The fraction of sp³-hybridized carbons (Fsp3) is 0.312. The third-order valence-electron chi connectivity index (χ3n) is 6.97. The molecule has 3 aromatic carbocycles. The molecule has 1 fully saturated rings. The second-order valence-corrected chi connectivity index (χ2v) is 10.0. The molecule has 0 radical (unpaired) electrons. The predicted octanol–water partition coefficient (Wildman–Crippen LogP) is 4.96. The fourth-order valence-electron chi connectivity index (χ4n) is 4.91. The molecular weight excluding hydrogens is 508 g/mol. The van der Waals surface area contributed by atoms with Crippen molar-refractivity contribution in [3.63, 3.8) is 0 Å². The molecule has 1 aliphatic rings. The van der Waals surface area contributed by atoms with Crippen LogP contribution >= 0.6 is 0 Å². The molecule has 0 aliphatic carbocycles. The number of ether oxygens (including phenoxy) is 3. The summed E-state index contributed by atoms with van der Waals surface area (Å²) >= 11 is 0. The molecule has 40 heavy (non-hydrogen) atoms. The van der Waals surface area contributed by atoms with Gasteiger partial charge in [-0.15, -0.1) is 0 Å². The van der Waals surface area contributed by atoms with E-state index in [0.717, 1.165) is 12.1 Å². The predicted molar refractivity (Wildman–Crippen MR) is 154 cm³/mol. The van der Waals surface area contributed by atoms with E-state index in [1.807, 2.05) is 62.3 Å². The number of benzene rings is 3.